The lowest BCUT2D eigenvalue weighted by Gasteiger charge is -2.33. The maximum absolute atomic E-state index is 13.2. The van der Waals surface area contributed by atoms with E-state index in [9.17, 15) is 14.4 Å². The van der Waals surface area contributed by atoms with Crippen LogP contribution in [0.4, 0.5) is 0 Å². The van der Waals surface area contributed by atoms with Crippen molar-refractivity contribution in [1.82, 2.24) is 15.5 Å². The maximum Gasteiger partial charge on any atom is 0.254 e. The highest BCUT2D eigenvalue weighted by molar-refractivity contribution is 5.95. The number of piperidine rings is 1. The minimum Gasteiger partial charge on any atom is -0.493 e. The van der Waals surface area contributed by atoms with Gasteiger partial charge in [0.25, 0.3) is 5.91 Å². The summed E-state index contributed by atoms with van der Waals surface area (Å²) >= 11 is 0. The van der Waals surface area contributed by atoms with Crippen LogP contribution in [0.2, 0.25) is 0 Å². The summed E-state index contributed by atoms with van der Waals surface area (Å²) in [5.74, 6) is 1.59. The fraction of sp³-hybridized carbons (Fsp3) is 0.464. The number of carbonyl (C=O) groups is 3. The number of likely N-dealkylation sites (tertiary alicyclic amines) is 1. The van der Waals surface area contributed by atoms with Crippen LogP contribution in [0, 0.1) is 0 Å². The minimum atomic E-state index is -0.764. The predicted octanol–water partition coefficient (Wildman–Crippen LogP) is 2.20. The van der Waals surface area contributed by atoms with Crippen molar-refractivity contribution >= 4 is 17.7 Å². The molecule has 0 radical (unpaired) electrons. The average Bonchev–Trinajstić information content (AvgIpc) is 2.95. The third-order valence-electron chi connectivity index (χ3n) is 6.62. The van der Waals surface area contributed by atoms with E-state index in [1.54, 1.807) is 43.4 Å². The summed E-state index contributed by atoms with van der Waals surface area (Å²) in [6, 6.07) is 7.73. The van der Waals surface area contributed by atoms with E-state index in [0.29, 0.717) is 60.2 Å². The fourth-order valence-corrected chi connectivity index (χ4v) is 4.61. The van der Waals surface area contributed by atoms with E-state index >= 15 is 0 Å². The summed E-state index contributed by atoms with van der Waals surface area (Å²) in [6.07, 6.45) is 1.43. The molecule has 212 valence electrons. The van der Waals surface area contributed by atoms with Gasteiger partial charge in [-0.15, -0.1) is 0 Å². The van der Waals surface area contributed by atoms with Crippen LogP contribution in [0.1, 0.15) is 35.7 Å². The number of methoxy groups -OCH3 is 5. The molecule has 39 heavy (non-hydrogen) atoms. The summed E-state index contributed by atoms with van der Waals surface area (Å²) in [6.45, 7) is 2.30. The van der Waals surface area contributed by atoms with Gasteiger partial charge in [0, 0.05) is 38.0 Å². The minimum absolute atomic E-state index is 0.136. The zero-order valence-electron chi connectivity index (χ0n) is 23.3. The van der Waals surface area contributed by atoms with E-state index in [0.717, 1.165) is 5.56 Å². The highest BCUT2D eigenvalue weighted by Gasteiger charge is 2.29. The van der Waals surface area contributed by atoms with Crippen molar-refractivity contribution in [3.05, 3.63) is 41.5 Å². The number of benzene rings is 2. The van der Waals surface area contributed by atoms with Gasteiger partial charge in [0.2, 0.25) is 17.6 Å². The normalized spacial score (nSPS) is 14.2. The van der Waals surface area contributed by atoms with E-state index in [1.807, 2.05) is 6.07 Å². The molecule has 0 bridgehead atoms. The maximum atomic E-state index is 13.2. The van der Waals surface area contributed by atoms with Crippen LogP contribution in [0.3, 0.4) is 0 Å². The highest BCUT2D eigenvalue weighted by Crippen LogP contribution is 2.38. The second-order valence-corrected chi connectivity index (χ2v) is 9.14. The molecule has 3 rings (SSSR count). The van der Waals surface area contributed by atoms with Gasteiger partial charge in [-0.05, 0) is 42.7 Å². The smallest absolute Gasteiger partial charge is 0.254 e. The second-order valence-electron chi connectivity index (χ2n) is 9.14. The van der Waals surface area contributed by atoms with Crippen LogP contribution >= 0.6 is 0 Å². The van der Waals surface area contributed by atoms with Crippen LogP contribution in [0.5, 0.6) is 28.7 Å². The van der Waals surface area contributed by atoms with Crippen LogP contribution in [-0.2, 0) is 16.0 Å². The number of hydrogen-bond donors (Lipinski definition) is 2. The van der Waals surface area contributed by atoms with E-state index < -0.39 is 6.04 Å². The molecule has 1 heterocycles. The van der Waals surface area contributed by atoms with Gasteiger partial charge in [0.15, 0.2) is 23.0 Å². The Morgan fingerprint density at radius 2 is 1.44 bits per heavy atom. The third kappa shape index (κ3) is 7.24. The summed E-state index contributed by atoms with van der Waals surface area (Å²) in [7, 11) is 7.59. The Morgan fingerprint density at radius 3 is 1.95 bits per heavy atom. The molecular formula is C28H37N3O8. The van der Waals surface area contributed by atoms with Crippen LogP contribution < -0.4 is 34.3 Å². The largest absolute Gasteiger partial charge is 0.493 e. The van der Waals surface area contributed by atoms with Crippen LogP contribution in [-0.4, -0.2) is 83.3 Å². The molecule has 1 aliphatic rings. The van der Waals surface area contributed by atoms with Gasteiger partial charge >= 0.3 is 0 Å². The first-order chi connectivity index (χ1) is 18.7. The zero-order valence-corrected chi connectivity index (χ0v) is 23.3. The number of amides is 3. The summed E-state index contributed by atoms with van der Waals surface area (Å²) < 4.78 is 26.7. The van der Waals surface area contributed by atoms with Gasteiger partial charge < -0.3 is 39.2 Å². The molecule has 1 unspecified atom stereocenters. The van der Waals surface area contributed by atoms with Crippen molar-refractivity contribution in [1.29, 1.82) is 0 Å². The number of nitrogens with one attached hydrogen (secondary N) is 2. The first-order valence-corrected chi connectivity index (χ1v) is 12.6. The molecule has 2 aromatic carbocycles. The average molecular weight is 544 g/mol. The Balaban J connectivity index is 1.64. The number of hydrogen-bond acceptors (Lipinski definition) is 8. The number of nitrogens with zero attached hydrogens (tertiary/aromatic N) is 1. The van der Waals surface area contributed by atoms with E-state index in [4.69, 9.17) is 23.7 Å². The summed E-state index contributed by atoms with van der Waals surface area (Å²) in [4.78, 5) is 40.0. The SMILES string of the molecule is COc1ccc(CC(NC(C)=O)C(=O)NC2CCN(C(=O)c3cc(OC)c(OC)c(OC)c3)CC2)cc1OC. The lowest BCUT2D eigenvalue weighted by atomic mass is 10.0. The Labute approximate surface area is 228 Å². The molecule has 11 heteroatoms. The Morgan fingerprint density at radius 1 is 0.846 bits per heavy atom. The summed E-state index contributed by atoms with van der Waals surface area (Å²) in [5.41, 5.74) is 1.24. The van der Waals surface area contributed by atoms with Crippen molar-refractivity contribution < 1.29 is 38.1 Å². The van der Waals surface area contributed by atoms with Crippen LogP contribution in [0.25, 0.3) is 0 Å². The molecule has 1 fully saturated rings. The van der Waals surface area contributed by atoms with Crippen molar-refractivity contribution in [3.63, 3.8) is 0 Å². The molecule has 11 nitrogen and oxygen atoms in total. The molecule has 1 aliphatic heterocycles. The lowest BCUT2D eigenvalue weighted by Crippen LogP contribution is -2.53. The Hall–Kier alpha value is -4.15. The number of ether oxygens (including phenoxy) is 5. The monoisotopic (exact) mass is 543 g/mol. The molecule has 0 spiro atoms. The standard InChI is InChI=1S/C28H37N3O8/c1-17(32)29-21(13-18-7-8-22(35-2)23(14-18)36-3)27(33)30-20-9-11-31(12-10-20)28(34)19-15-24(37-4)26(39-6)25(16-19)38-5/h7-8,14-16,20-21H,9-13H2,1-6H3,(H,29,32)(H,30,33). The predicted molar refractivity (Wildman–Crippen MR) is 144 cm³/mol. The van der Waals surface area contributed by atoms with E-state index in [2.05, 4.69) is 10.6 Å². The number of carbonyl (C=O) groups excluding carboxylic acids is 3. The summed E-state index contributed by atoms with van der Waals surface area (Å²) in [5, 5.41) is 5.78. The van der Waals surface area contributed by atoms with Gasteiger partial charge in [0.1, 0.15) is 6.04 Å². The molecule has 0 aliphatic carbocycles. The van der Waals surface area contributed by atoms with Gasteiger partial charge in [-0.3, -0.25) is 14.4 Å². The Bertz CT molecular complexity index is 1150. The van der Waals surface area contributed by atoms with Gasteiger partial charge in [-0.1, -0.05) is 6.07 Å². The van der Waals surface area contributed by atoms with Crippen molar-refractivity contribution in [2.45, 2.75) is 38.3 Å². The fourth-order valence-electron chi connectivity index (χ4n) is 4.61. The van der Waals surface area contributed by atoms with E-state index in [-0.39, 0.29) is 30.2 Å². The first kappa shape index (κ1) is 29.4. The second kappa shape index (κ2) is 13.6. The van der Waals surface area contributed by atoms with E-state index in [1.165, 1.54) is 28.3 Å². The van der Waals surface area contributed by atoms with Crippen molar-refractivity contribution in [2.75, 3.05) is 48.6 Å². The zero-order chi connectivity index (χ0) is 28.5. The topological polar surface area (TPSA) is 125 Å². The molecule has 3 amide bonds. The molecule has 2 aromatic rings. The molecular weight excluding hydrogens is 506 g/mol. The Kier molecular flexibility index (Phi) is 10.2. The lowest BCUT2D eigenvalue weighted by molar-refractivity contribution is -0.128. The highest BCUT2D eigenvalue weighted by atomic mass is 16.5. The number of rotatable bonds is 11. The molecule has 2 N–H and O–H groups in total. The molecule has 1 atom stereocenters. The third-order valence-corrected chi connectivity index (χ3v) is 6.62. The quantitative estimate of drug-likeness (QED) is 0.442. The van der Waals surface area contributed by atoms with Crippen LogP contribution in [0.15, 0.2) is 30.3 Å². The molecule has 1 saturated heterocycles. The van der Waals surface area contributed by atoms with Gasteiger partial charge in [-0.2, -0.15) is 0 Å². The van der Waals surface area contributed by atoms with Crippen molar-refractivity contribution in [3.8, 4) is 28.7 Å². The molecule has 0 saturated carbocycles. The molecule has 0 aromatic heterocycles. The van der Waals surface area contributed by atoms with Crippen molar-refractivity contribution in [2.24, 2.45) is 0 Å². The van der Waals surface area contributed by atoms with Gasteiger partial charge in [0.05, 0.1) is 35.5 Å². The first-order valence-electron chi connectivity index (χ1n) is 12.6. The van der Waals surface area contributed by atoms with Gasteiger partial charge in [-0.25, -0.2) is 0 Å².